The zero-order valence-electron chi connectivity index (χ0n) is 13.7. The van der Waals surface area contributed by atoms with Crippen LogP contribution in [0.4, 0.5) is 10.1 Å². The van der Waals surface area contributed by atoms with E-state index in [-0.39, 0.29) is 28.6 Å². The molecule has 0 aromatic heterocycles. The lowest BCUT2D eigenvalue weighted by Crippen LogP contribution is -2.39. The van der Waals surface area contributed by atoms with Crippen LogP contribution in [0.25, 0.3) is 0 Å². The summed E-state index contributed by atoms with van der Waals surface area (Å²) in [7, 11) is -3.12. The van der Waals surface area contributed by atoms with Crippen molar-refractivity contribution in [2.24, 2.45) is 4.99 Å². The number of nitrogens with zero attached hydrogens (tertiary/aromatic N) is 2. The Hall–Kier alpha value is -1.57. The number of hydrogen-bond donors (Lipinski definition) is 0. The van der Waals surface area contributed by atoms with Gasteiger partial charge in [-0.3, -0.25) is 4.99 Å². The first-order valence-electron chi connectivity index (χ1n) is 8.12. The first kappa shape index (κ1) is 17.8. The quantitative estimate of drug-likeness (QED) is 0.773. The Morgan fingerprint density at radius 3 is 2.69 bits per heavy atom. The molecule has 2 aliphatic rings. The molecule has 4 rings (SSSR count). The number of benzene rings is 2. The van der Waals surface area contributed by atoms with Crippen LogP contribution < -0.4 is 4.90 Å². The molecular weight excluding hydrogens is 395 g/mol. The molecule has 0 bridgehead atoms. The van der Waals surface area contributed by atoms with Crippen molar-refractivity contribution in [1.29, 1.82) is 0 Å². The van der Waals surface area contributed by atoms with Gasteiger partial charge in [0.15, 0.2) is 15.0 Å². The summed E-state index contributed by atoms with van der Waals surface area (Å²) in [4.78, 5) is 6.56. The highest BCUT2D eigenvalue weighted by Crippen LogP contribution is 2.37. The minimum absolute atomic E-state index is 0.0132. The number of sulfone groups is 1. The number of anilines is 1. The van der Waals surface area contributed by atoms with Gasteiger partial charge in [-0.1, -0.05) is 53.7 Å². The largest absolute Gasteiger partial charge is 0.315 e. The first-order valence-corrected chi connectivity index (χ1v) is 11.3. The molecule has 0 amide bonds. The van der Waals surface area contributed by atoms with Gasteiger partial charge in [-0.25, -0.2) is 12.8 Å². The van der Waals surface area contributed by atoms with Crippen molar-refractivity contribution >= 4 is 44.1 Å². The van der Waals surface area contributed by atoms with E-state index in [4.69, 9.17) is 11.6 Å². The number of rotatable bonds is 3. The van der Waals surface area contributed by atoms with E-state index >= 15 is 0 Å². The number of fused-ring (bicyclic) bond motifs is 1. The van der Waals surface area contributed by atoms with E-state index in [9.17, 15) is 12.8 Å². The third-order valence-electron chi connectivity index (χ3n) is 4.50. The van der Waals surface area contributed by atoms with Crippen molar-refractivity contribution in [3.8, 4) is 0 Å². The fourth-order valence-electron chi connectivity index (χ4n) is 3.29. The lowest BCUT2D eigenvalue weighted by molar-refractivity contribution is 0.601. The highest BCUT2D eigenvalue weighted by atomic mass is 35.5. The molecule has 2 atom stereocenters. The van der Waals surface area contributed by atoms with Crippen LogP contribution in [0.5, 0.6) is 0 Å². The Morgan fingerprint density at radius 2 is 1.96 bits per heavy atom. The van der Waals surface area contributed by atoms with E-state index in [1.807, 2.05) is 35.2 Å². The van der Waals surface area contributed by atoms with E-state index in [2.05, 4.69) is 4.99 Å². The van der Waals surface area contributed by atoms with Gasteiger partial charge in [-0.15, -0.1) is 0 Å². The highest BCUT2D eigenvalue weighted by Gasteiger charge is 2.47. The molecule has 0 radical (unpaired) electrons. The van der Waals surface area contributed by atoms with E-state index < -0.39 is 15.7 Å². The van der Waals surface area contributed by atoms with Gasteiger partial charge in [0.25, 0.3) is 0 Å². The first-order chi connectivity index (χ1) is 12.4. The zero-order valence-corrected chi connectivity index (χ0v) is 16.1. The van der Waals surface area contributed by atoms with Gasteiger partial charge in [0, 0.05) is 11.4 Å². The molecule has 4 nitrogen and oxygen atoms in total. The van der Waals surface area contributed by atoms with Gasteiger partial charge in [-0.05, 0) is 23.8 Å². The summed E-state index contributed by atoms with van der Waals surface area (Å²) in [5, 5.41) is 0.764. The Balaban J connectivity index is 1.65. The summed E-state index contributed by atoms with van der Waals surface area (Å²) in [5.74, 6) is 0.321. The number of thioether (sulfide) groups is 1. The number of aliphatic imine (C=N–C) groups is 1. The van der Waals surface area contributed by atoms with Crippen LogP contribution in [0.2, 0.25) is 5.02 Å². The van der Waals surface area contributed by atoms with Crippen molar-refractivity contribution in [3.05, 3.63) is 64.9 Å². The van der Waals surface area contributed by atoms with Gasteiger partial charge in [0.05, 0.1) is 28.6 Å². The molecular formula is C18H16ClFN2O2S2. The van der Waals surface area contributed by atoms with Gasteiger partial charge >= 0.3 is 0 Å². The van der Waals surface area contributed by atoms with Gasteiger partial charge in [0.1, 0.15) is 5.82 Å². The summed E-state index contributed by atoms with van der Waals surface area (Å²) in [6.45, 7) is 0. The molecule has 136 valence electrons. The average Bonchev–Trinajstić information content (AvgIpc) is 3.07. The summed E-state index contributed by atoms with van der Waals surface area (Å²) >= 11 is 7.50. The van der Waals surface area contributed by atoms with Gasteiger partial charge in [0.2, 0.25) is 0 Å². The maximum atomic E-state index is 13.6. The monoisotopic (exact) mass is 410 g/mol. The lowest BCUT2D eigenvalue weighted by atomic mass is 10.1. The Kier molecular flexibility index (Phi) is 4.71. The van der Waals surface area contributed by atoms with E-state index in [1.165, 1.54) is 12.1 Å². The van der Waals surface area contributed by atoms with Crippen LogP contribution >= 0.6 is 23.4 Å². The van der Waals surface area contributed by atoms with Crippen LogP contribution in [0.3, 0.4) is 0 Å². The standard InChI is InChI=1S/C18H16ClFN2O2S2/c19-14-8-13(6-7-15(14)20)22-17-11-26(23,24)10-16(17)21-18(22)25-9-12-4-2-1-3-5-12/h1-8,16-17H,9-11H2/t16-,17-/m1/s1. The van der Waals surface area contributed by atoms with Crippen LogP contribution in [0, 0.1) is 5.82 Å². The van der Waals surface area contributed by atoms with E-state index in [0.29, 0.717) is 5.69 Å². The molecule has 0 N–H and O–H groups in total. The minimum Gasteiger partial charge on any atom is -0.315 e. The Bertz CT molecular complexity index is 966. The molecule has 0 spiro atoms. The summed E-state index contributed by atoms with van der Waals surface area (Å²) < 4.78 is 37.6. The molecule has 2 heterocycles. The summed E-state index contributed by atoms with van der Waals surface area (Å²) in [5.41, 5.74) is 1.82. The molecule has 8 heteroatoms. The smallest absolute Gasteiger partial charge is 0.164 e. The van der Waals surface area contributed by atoms with Crippen LogP contribution in [0.1, 0.15) is 5.56 Å². The van der Waals surface area contributed by atoms with Crippen LogP contribution in [-0.2, 0) is 15.6 Å². The molecule has 1 saturated heterocycles. The second-order valence-electron chi connectivity index (χ2n) is 6.37. The van der Waals surface area contributed by atoms with E-state index in [1.54, 1.807) is 17.8 Å². The van der Waals surface area contributed by atoms with Gasteiger partial charge < -0.3 is 4.90 Å². The fourth-order valence-corrected chi connectivity index (χ4v) is 6.39. The number of hydrogen-bond acceptors (Lipinski definition) is 5. The van der Waals surface area contributed by atoms with Crippen molar-refractivity contribution in [2.75, 3.05) is 16.4 Å². The zero-order chi connectivity index (χ0) is 18.3. The van der Waals surface area contributed by atoms with Crippen molar-refractivity contribution < 1.29 is 12.8 Å². The third kappa shape index (κ3) is 3.48. The maximum Gasteiger partial charge on any atom is 0.164 e. The molecule has 2 aromatic rings. The van der Waals surface area contributed by atoms with Crippen LogP contribution in [-0.4, -0.2) is 37.2 Å². The number of halogens is 2. The summed E-state index contributed by atoms with van der Waals surface area (Å²) in [6, 6.07) is 13.9. The predicted molar refractivity (Wildman–Crippen MR) is 105 cm³/mol. The van der Waals surface area contributed by atoms with Crippen molar-refractivity contribution in [1.82, 2.24) is 0 Å². The van der Waals surface area contributed by atoms with Crippen molar-refractivity contribution in [2.45, 2.75) is 17.8 Å². The Labute approximate surface area is 161 Å². The Morgan fingerprint density at radius 1 is 1.19 bits per heavy atom. The predicted octanol–water partition coefficient (Wildman–Crippen LogP) is 3.75. The van der Waals surface area contributed by atoms with Gasteiger partial charge in [-0.2, -0.15) is 0 Å². The molecule has 0 saturated carbocycles. The molecule has 0 aliphatic carbocycles. The minimum atomic E-state index is -3.12. The third-order valence-corrected chi connectivity index (χ3v) is 7.53. The van der Waals surface area contributed by atoms with Crippen molar-refractivity contribution in [3.63, 3.8) is 0 Å². The lowest BCUT2D eigenvalue weighted by Gasteiger charge is -2.26. The maximum absolute atomic E-state index is 13.6. The normalized spacial score (nSPS) is 23.8. The molecule has 0 unspecified atom stereocenters. The van der Waals surface area contributed by atoms with Crippen LogP contribution in [0.15, 0.2) is 53.5 Å². The fraction of sp³-hybridized carbons (Fsp3) is 0.278. The second kappa shape index (κ2) is 6.87. The number of amidine groups is 1. The molecule has 26 heavy (non-hydrogen) atoms. The SMILES string of the molecule is O=S1(=O)C[C@@H]2[C@@H](C1)N=C(SCc1ccccc1)N2c1ccc(F)c(Cl)c1. The molecule has 2 aromatic carbocycles. The average molecular weight is 411 g/mol. The molecule has 1 fully saturated rings. The van der Waals surface area contributed by atoms with E-state index in [0.717, 1.165) is 16.5 Å². The topological polar surface area (TPSA) is 49.7 Å². The molecule has 2 aliphatic heterocycles. The second-order valence-corrected chi connectivity index (χ2v) is 9.87. The summed E-state index contributed by atoms with van der Waals surface area (Å²) in [6.07, 6.45) is 0. The highest BCUT2D eigenvalue weighted by molar-refractivity contribution is 8.13.